The molecule has 2 heterocycles. The quantitative estimate of drug-likeness (QED) is 0.911. The molecule has 0 saturated carbocycles. The Labute approximate surface area is 148 Å². The average molecular weight is 339 g/mol. The van der Waals surface area contributed by atoms with E-state index < -0.39 is 0 Å². The fourth-order valence-corrected chi connectivity index (χ4v) is 3.84. The number of fused-ring (bicyclic) bond motifs is 2. The first-order chi connectivity index (χ1) is 11.9. The Bertz CT molecular complexity index is 817. The van der Waals surface area contributed by atoms with Crippen LogP contribution in [-0.4, -0.2) is 15.7 Å². The highest BCUT2D eigenvalue weighted by atomic mass is 16.5. The minimum atomic E-state index is -0.0422. The summed E-state index contributed by atoms with van der Waals surface area (Å²) in [4.78, 5) is 12.7. The Balaban J connectivity index is 1.56. The Morgan fingerprint density at radius 1 is 1.28 bits per heavy atom. The molecular formula is C20H25N3O2. The van der Waals surface area contributed by atoms with Crippen molar-refractivity contribution in [2.24, 2.45) is 0 Å². The van der Waals surface area contributed by atoms with E-state index in [1.165, 1.54) is 16.8 Å². The van der Waals surface area contributed by atoms with Crippen LogP contribution in [0.15, 0.2) is 24.4 Å². The fourth-order valence-electron chi connectivity index (χ4n) is 3.84. The lowest BCUT2D eigenvalue weighted by Crippen LogP contribution is -2.32. The maximum atomic E-state index is 12.7. The molecule has 2 aromatic rings. The number of aromatic nitrogens is 2. The van der Waals surface area contributed by atoms with Crippen molar-refractivity contribution in [1.82, 2.24) is 15.1 Å². The van der Waals surface area contributed by atoms with Gasteiger partial charge in [0, 0.05) is 16.8 Å². The van der Waals surface area contributed by atoms with Crippen molar-refractivity contribution in [1.29, 1.82) is 0 Å². The Hall–Kier alpha value is -2.14. The van der Waals surface area contributed by atoms with Gasteiger partial charge in [-0.15, -0.1) is 0 Å². The molecule has 2 aliphatic rings. The molecule has 5 heteroatoms. The summed E-state index contributed by atoms with van der Waals surface area (Å²) in [6, 6.07) is 5.89. The highest BCUT2D eigenvalue weighted by Gasteiger charge is 2.29. The molecule has 0 bridgehead atoms. The zero-order valence-electron chi connectivity index (χ0n) is 15.1. The van der Waals surface area contributed by atoms with Crippen LogP contribution in [0.5, 0.6) is 0 Å². The summed E-state index contributed by atoms with van der Waals surface area (Å²) in [6.45, 7) is 7.73. The van der Waals surface area contributed by atoms with Crippen LogP contribution >= 0.6 is 0 Å². The molecule has 4 rings (SSSR count). The number of hydrogen-bond acceptors (Lipinski definition) is 3. The monoisotopic (exact) mass is 339 g/mol. The molecule has 5 nitrogen and oxygen atoms in total. The van der Waals surface area contributed by atoms with Crippen LogP contribution in [0.1, 0.15) is 72.4 Å². The van der Waals surface area contributed by atoms with E-state index in [0.717, 1.165) is 24.8 Å². The molecule has 0 fully saturated rings. The molecule has 0 unspecified atom stereocenters. The number of nitrogens with one attached hydrogen (secondary N) is 1. The topological polar surface area (TPSA) is 56.2 Å². The molecule has 132 valence electrons. The molecule has 0 radical (unpaired) electrons. The molecule has 1 aromatic carbocycles. The Morgan fingerprint density at radius 2 is 2.08 bits per heavy atom. The fraction of sp³-hybridized carbons (Fsp3) is 0.500. The van der Waals surface area contributed by atoms with E-state index in [1.807, 2.05) is 24.4 Å². The SMILES string of the molecule is CC(C)(C)n1ncc2c1CCC[C@@H]2NC(=O)c1ccc2c(c1)COC2. The van der Waals surface area contributed by atoms with Crippen LogP contribution < -0.4 is 5.32 Å². The summed E-state index contributed by atoms with van der Waals surface area (Å²) in [6.07, 6.45) is 4.98. The minimum absolute atomic E-state index is 0.0175. The third-order valence-corrected chi connectivity index (χ3v) is 5.11. The second-order valence-electron chi connectivity index (χ2n) is 8.02. The Morgan fingerprint density at radius 3 is 2.88 bits per heavy atom. The smallest absolute Gasteiger partial charge is 0.251 e. The van der Waals surface area contributed by atoms with Crippen LogP contribution in [0.25, 0.3) is 0 Å². The third kappa shape index (κ3) is 2.97. The van der Waals surface area contributed by atoms with Gasteiger partial charge in [-0.2, -0.15) is 5.10 Å². The van der Waals surface area contributed by atoms with Gasteiger partial charge in [0.25, 0.3) is 5.91 Å². The summed E-state index contributed by atoms with van der Waals surface area (Å²) in [7, 11) is 0. The summed E-state index contributed by atoms with van der Waals surface area (Å²) in [5.41, 5.74) is 5.39. The summed E-state index contributed by atoms with van der Waals surface area (Å²) >= 11 is 0. The zero-order valence-corrected chi connectivity index (χ0v) is 15.1. The number of benzene rings is 1. The van der Waals surface area contributed by atoms with Crippen LogP contribution in [0.4, 0.5) is 0 Å². The lowest BCUT2D eigenvalue weighted by molar-refractivity contribution is 0.0932. The maximum Gasteiger partial charge on any atom is 0.251 e. The first-order valence-corrected chi connectivity index (χ1v) is 9.01. The molecule has 0 spiro atoms. The predicted molar refractivity (Wildman–Crippen MR) is 95.3 cm³/mol. The first kappa shape index (κ1) is 16.3. The van der Waals surface area contributed by atoms with Gasteiger partial charge in [0.15, 0.2) is 0 Å². The summed E-state index contributed by atoms with van der Waals surface area (Å²) in [5.74, 6) is -0.0175. The number of rotatable bonds is 2. The molecule has 0 saturated heterocycles. The number of nitrogens with zero attached hydrogens (tertiary/aromatic N) is 2. The van der Waals surface area contributed by atoms with E-state index in [9.17, 15) is 4.79 Å². The average Bonchev–Trinajstić information content (AvgIpc) is 3.20. The molecule has 1 N–H and O–H groups in total. The predicted octanol–water partition coefficient (Wildman–Crippen LogP) is 3.48. The molecule has 1 aromatic heterocycles. The standard InChI is InChI=1S/C20H25N3O2/c1-20(2,3)23-18-6-4-5-17(16(18)10-21-23)22-19(24)13-7-8-14-11-25-12-15(14)9-13/h7-10,17H,4-6,11-12H2,1-3H3,(H,22,24)/t17-/m0/s1. The molecule has 1 amide bonds. The number of carbonyl (C=O) groups excluding carboxylic acids is 1. The van der Waals surface area contributed by atoms with Gasteiger partial charge in [0.2, 0.25) is 0 Å². The van der Waals surface area contributed by atoms with Gasteiger partial charge in [0.1, 0.15) is 0 Å². The normalized spacial score (nSPS) is 19.4. The van der Waals surface area contributed by atoms with E-state index in [1.54, 1.807) is 0 Å². The second-order valence-corrected chi connectivity index (χ2v) is 8.02. The van der Waals surface area contributed by atoms with Gasteiger partial charge >= 0.3 is 0 Å². The van der Waals surface area contributed by atoms with Crippen molar-refractivity contribution in [3.8, 4) is 0 Å². The van der Waals surface area contributed by atoms with E-state index in [2.05, 4.69) is 35.9 Å². The van der Waals surface area contributed by atoms with Crippen LogP contribution in [0.3, 0.4) is 0 Å². The highest BCUT2D eigenvalue weighted by molar-refractivity contribution is 5.94. The van der Waals surface area contributed by atoms with Gasteiger partial charge in [-0.1, -0.05) is 6.07 Å². The third-order valence-electron chi connectivity index (χ3n) is 5.11. The van der Waals surface area contributed by atoms with E-state index in [0.29, 0.717) is 18.8 Å². The molecule has 1 atom stereocenters. The van der Waals surface area contributed by atoms with Crippen molar-refractivity contribution in [3.63, 3.8) is 0 Å². The maximum absolute atomic E-state index is 12.7. The van der Waals surface area contributed by atoms with E-state index >= 15 is 0 Å². The van der Waals surface area contributed by atoms with E-state index in [-0.39, 0.29) is 17.5 Å². The zero-order chi connectivity index (χ0) is 17.6. The Kier molecular flexibility index (Phi) is 3.91. The number of hydrogen-bond donors (Lipinski definition) is 1. The van der Waals surface area contributed by atoms with Gasteiger partial charge in [-0.3, -0.25) is 9.48 Å². The number of amides is 1. The molecular weight excluding hydrogens is 314 g/mol. The number of ether oxygens (including phenoxy) is 1. The summed E-state index contributed by atoms with van der Waals surface area (Å²) < 4.78 is 7.54. The molecule has 1 aliphatic heterocycles. The molecule has 25 heavy (non-hydrogen) atoms. The minimum Gasteiger partial charge on any atom is -0.372 e. The second kappa shape index (κ2) is 5.99. The largest absolute Gasteiger partial charge is 0.372 e. The lowest BCUT2D eigenvalue weighted by Gasteiger charge is -2.28. The van der Waals surface area contributed by atoms with Crippen molar-refractivity contribution in [3.05, 3.63) is 52.3 Å². The molecule has 1 aliphatic carbocycles. The number of carbonyl (C=O) groups is 1. The van der Waals surface area contributed by atoms with Gasteiger partial charge in [-0.25, -0.2) is 0 Å². The van der Waals surface area contributed by atoms with Crippen molar-refractivity contribution >= 4 is 5.91 Å². The van der Waals surface area contributed by atoms with Crippen molar-refractivity contribution < 1.29 is 9.53 Å². The van der Waals surface area contributed by atoms with Gasteiger partial charge < -0.3 is 10.1 Å². The lowest BCUT2D eigenvalue weighted by atomic mass is 9.92. The van der Waals surface area contributed by atoms with Crippen LogP contribution in [0, 0.1) is 0 Å². The highest BCUT2D eigenvalue weighted by Crippen LogP contribution is 2.32. The first-order valence-electron chi connectivity index (χ1n) is 9.01. The van der Waals surface area contributed by atoms with Gasteiger partial charge in [-0.05, 0) is 63.3 Å². The van der Waals surface area contributed by atoms with Gasteiger partial charge in [0.05, 0.1) is 31.0 Å². The summed E-state index contributed by atoms with van der Waals surface area (Å²) in [5, 5.41) is 7.81. The van der Waals surface area contributed by atoms with E-state index in [4.69, 9.17) is 4.74 Å². The van der Waals surface area contributed by atoms with Crippen LogP contribution in [0.2, 0.25) is 0 Å². The van der Waals surface area contributed by atoms with Crippen LogP contribution in [-0.2, 0) is 29.9 Å². The van der Waals surface area contributed by atoms with Crippen molar-refractivity contribution in [2.45, 2.75) is 64.8 Å². The van der Waals surface area contributed by atoms with Crippen molar-refractivity contribution in [2.75, 3.05) is 0 Å².